The van der Waals surface area contributed by atoms with Crippen LogP contribution in [-0.2, 0) is 6.54 Å². The Bertz CT molecular complexity index is 290. The van der Waals surface area contributed by atoms with Gasteiger partial charge in [-0.2, -0.15) is 0 Å². The molecule has 0 aromatic carbocycles. The Balaban J connectivity index is 2.34. The normalized spacial score (nSPS) is 12.9. The molecule has 1 aromatic heterocycles. The molecule has 1 heterocycles. The van der Waals surface area contributed by atoms with Crippen LogP contribution in [0.2, 0.25) is 0 Å². The van der Waals surface area contributed by atoms with E-state index in [0.717, 1.165) is 37.6 Å². The van der Waals surface area contributed by atoms with Crippen LogP contribution in [-0.4, -0.2) is 28.9 Å². The summed E-state index contributed by atoms with van der Waals surface area (Å²) in [5.41, 5.74) is 1.15. The van der Waals surface area contributed by atoms with Crippen molar-refractivity contribution in [3.63, 3.8) is 0 Å². The zero-order chi connectivity index (χ0) is 12.5. The predicted molar refractivity (Wildman–Crippen MR) is 74.3 cm³/mol. The van der Waals surface area contributed by atoms with Gasteiger partial charge < -0.3 is 0 Å². The van der Waals surface area contributed by atoms with E-state index in [2.05, 4.69) is 29.8 Å². The molecule has 0 amide bonds. The monoisotopic (exact) mass is 254 g/mol. The molecule has 0 N–H and O–H groups in total. The van der Waals surface area contributed by atoms with E-state index in [4.69, 9.17) is 11.6 Å². The average Bonchev–Trinajstić information content (AvgIpc) is 2.36. The van der Waals surface area contributed by atoms with Crippen LogP contribution in [0.25, 0.3) is 0 Å². The van der Waals surface area contributed by atoms with Gasteiger partial charge in [0.05, 0.1) is 5.69 Å². The van der Waals surface area contributed by atoms with Crippen LogP contribution in [0.3, 0.4) is 0 Å². The molecule has 0 radical (unpaired) electrons. The highest BCUT2D eigenvalue weighted by molar-refractivity contribution is 6.17. The first-order valence-electron chi connectivity index (χ1n) is 6.44. The minimum atomic E-state index is 0.713. The molecule has 0 saturated carbocycles. The van der Waals surface area contributed by atoms with Crippen molar-refractivity contribution in [2.75, 3.05) is 19.0 Å². The van der Waals surface area contributed by atoms with E-state index in [1.165, 1.54) is 6.42 Å². The number of pyridine rings is 1. The van der Waals surface area contributed by atoms with E-state index in [1.54, 1.807) is 0 Å². The third-order valence-electron chi connectivity index (χ3n) is 3.10. The van der Waals surface area contributed by atoms with Crippen molar-refractivity contribution in [1.82, 2.24) is 9.88 Å². The second kappa shape index (κ2) is 8.48. The van der Waals surface area contributed by atoms with E-state index >= 15 is 0 Å². The third-order valence-corrected chi connectivity index (χ3v) is 3.32. The molecule has 0 aliphatic rings. The third kappa shape index (κ3) is 6.04. The molecule has 0 bridgehead atoms. The van der Waals surface area contributed by atoms with E-state index in [0.29, 0.717) is 5.92 Å². The van der Waals surface area contributed by atoms with Crippen molar-refractivity contribution in [1.29, 1.82) is 0 Å². The molecule has 0 spiro atoms. The molecular formula is C14H23ClN2. The van der Waals surface area contributed by atoms with E-state index < -0.39 is 0 Å². The van der Waals surface area contributed by atoms with Gasteiger partial charge in [-0.1, -0.05) is 19.9 Å². The zero-order valence-electron chi connectivity index (χ0n) is 10.9. The van der Waals surface area contributed by atoms with Gasteiger partial charge >= 0.3 is 0 Å². The van der Waals surface area contributed by atoms with Gasteiger partial charge in [0.2, 0.25) is 0 Å². The lowest BCUT2D eigenvalue weighted by molar-refractivity contribution is 0.255. The lowest BCUT2D eigenvalue weighted by Crippen LogP contribution is -2.25. The van der Waals surface area contributed by atoms with Crippen LogP contribution >= 0.6 is 11.6 Å². The molecule has 2 nitrogen and oxygen atoms in total. The van der Waals surface area contributed by atoms with Crippen molar-refractivity contribution in [2.24, 2.45) is 5.92 Å². The Hall–Kier alpha value is -0.600. The lowest BCUT2D eigenvalue weighted by atomic mass is 10.0. The number of hydrogen-bond acceptors (Lipinski definition) is 2. The minimum absolute atomic E-state index is 0.713. The number of alkyl halides is 1. The molecule has 1 rings (SSSR count). The van der Waals surface area contributed by atoms with Crippen LogP contribution in [0.4, 0.5) is 0 Å². The average molecular weight is 255 g/mol. The minimum Gasteiger partial charge on any atom is -0.298 e. The molecular weight excluding hydrogens is 232 g/mol. The molecule has 96 valence electrons. The van der Waals surface area contributed by atoms with E-state index in [-0.39, 0.29) is 0 Å². The van der Waals surface area contributed by atoms with Crippen LogP contribution < -0.4 is 0 Å². The Morgan fingerprint density at radius 2 is 2.18 bits per heavy atom. The largest absolute Gasteiger partial charge is 0.298 e. The Kier molecular flexibility index (Phi) is 7.22. The van der Waals surface area contributed by atoms with Crippen molar-refractivity contribution in [3.8, 4) is 0 Å². The smallest absolute Gasteiger partial charge is 0.0543 e. The van der Waals surface area contributed by atoms with Crippen LogP contribution in [0, 0.1) is 5.92 Å². The van der Waals surface area contributed by atoms with Crippen molar-refractivity contribution >= 4 is 11.6 Å². The van der Waals surface area contributed by atoms with E-state index in [1.807, 2.05) is 18.3 Å². The van der Waals surface area contributed by atoms with Crippen LogP contribution in [0.5, 0.6) is 0 Å². The zero-order valence-corrected chi connectivity index (χ0v) is 11.7. The van der Waals surface area contributed by atoms with Gasteiger partial charge in [-0.25, -0.2) is 0 Å². The number of nitrogens with zero attached hydrogens (tertiary/aromatic N) is 2. The first-order chi connectivity index (χ1) is 8.26. The summed E-state index contributed by atoms with van der Waals surface area (Å²) in [6.45, 7) is 7.63. The number of halogens is 1. The summed E-state index contributed by atoms with van der Waals surface area (Å²) in [7, 11) is 0. The summed E-state index contributed by atoms with van der Waals surface area (Å²) < 4.78 is 0. The summed E-state index contributed by atoms with van der Waals surface area (Å²) >= 11 is 5.75. The van der Waals surface area contributed by atoms with Gasteiger partial charge in [-0.05, 0) is 44.0 Å². The summed E-state index contributed by atoms with van der Waals surface area (Å²) in [5, 5.41) is 0. The van der Waals surface area contributed by atoms with Gasteiger partial charge in [0.15, 0.2) is 0 Å². The molecule has 1 atom stereocenters. The fraction of sp³-hybridized carbons (Fsp3) is 0.643. The fourth-order valence-corrected chi connectivity index (χ4v) is 2.18. The Morgan fingerprint density at radius 3 is 2.76 bits per heavy atom. The summed E-state index contributed by atoms with van der Waals surface area (Å²) in [4.78, 5) is 6.80. The highest BCUT2D eigenvalue weighted by Gasteiger charge is 2.07. The lowest BCUT2D eigenvalue weighted by Gasteiger charge is -2.21. The Labute approximate surface area is 110 Å². The SMILES string of the molecule is CCN(CCC(C)CCCl)Cc1ccccn1. The highest BCUT2D eigenvalue weighted by Crippen LogP contribution is 2.10. The summed E-state index contributed by atoms with van der Waals surface area (Å²) in [6.07, 6.45) is 4.19. The van der Waals surface area contributed by atoms with Gasteiger partial charge in [-0.3, -0.25) is 9.88 Å². The highest BCUT2D eigenvalue weighted by atomic mass is 35.5. The molecule has 1 unspecified atom stereocenters. The van der Waals surface area contributed by atoms with E-state index in [9.17, 15) is 0 Å². The van der Waals surface area contributed by atoms with Crippen molar-refractivity contribution < 1.29 is 0 Å². The predicted octanol–water partition coefficient (Wildman–Crippen LogP) is 3.56. The second-order valence-electron chi connectivity index (χ2n) is 4.56. The molecule has 0 saturated heterocycles. The number of hydrogen-bond donors (Lipinski definition) is 0. The fourth-order valence-electron chi connectivity index (χ4n) is 1.80. The maximum atomic E-state index is 5.75. The summed E-state index contributed by atoms with van der Waals surface area (Å²) in [6, 6.07) is 6.10. The molecule has 0 fully saturated rings. The molecule has 17 heavy (non-hydrogen) atoms. The van der Waals surface area contributed by atoms with Crippen molar-refractivity contribution in [3.05, 3.63) is 30.1 Å². The van der Waals surface area contributed by atoms with Crippen LogP contribution in [0.15, 0.2) is 24.4 Å². The van der Waals surface area contributed by atoms with Gasteiger partial charge in [-0.15, -0.1) is 11.6 Å². The van der Waals surface area contributed by atoms with Crippen molar-refractivity contribution in [2.45, 2.75) is 33.2 Å². The number of aromatic nitrogens is 1. The van der Waals surface area contributed by atoms with Gasteiger partial charge in [0, 0.05) is 18.6 Å². The molecule has 1 aromatic rings. The first-order valence-corrected chi connectivity index (χ1v) is 6.98. The maximum Gasteiger partial charge on any atom is 0.0543 e. The molecule has 3 heteroatoms. The quantitative estimate of drug-likeness (QED) is 0.660. The van der Waals surface area contributed by atoms with Gasteiger partial charge in [0.25, 0.3) is 0 Å². The summed E-state index contributed by atoms with van der Waals surface area (Å²) in [5.74, 6) is 1.48. The first kappa shape index (κ1) is 14.5. The number of rotatable bonds is 8. The Morgan fingerprint density at radius 1 is 1.35 bits per heavy atom. The topological polar surface area (TPSA) is 16.1 Å². The van der Waals surface area contributed by atoms with Gasteiger partial charge in [0.1, 0.15) is 0 Å². The molecule has 0 aliphatic heterocycles. The standard InChI is InChI=1S/C14H23ClN2/c1-3-17(11-8-13(2)7-9-15)12-14-6-4-5-10-16-14/h4-6,10,13H,3,7-9,11-12H2,1-2H3. The van der Waals surface area contributed by atoms with Crippen LogP contribution in [0.1, 0.15) is 32.4 Å². The maximum absolute atomic E-state index is 5.75. The molecule has 0 aliphatic carbocycles. The second-order valence-corrected chi connectivity index (χ2v) is 4.94.